The van der Waals surface area contributed by atoms with Crippen LogP contribution in [0.2, 0.25) is 0 Å². The number of likely N-dealkylation sites (tertiary alicyclic amines) is 1. The van der Waals surface area contributed by atoms with Crippen LogP contribution < -0.4 is 5.32 Å². The van der Waals surface area contributed by atoms with Gasteiger partial charge < -0.3 is 10.2 Å². The first-order valence-electron chi connectivity index (χ1n) is 8.97. The van der Waals surface area contributed by atoms with Gasteiger partial charge in [-0.3, -0.25) is 4.79 Å². The topological polar surface area (TPSA) is 71.0 Å². The van der Waals surface area contributed by atoms with Crippen molar-refractivity contribution in [3.63, 3.8) is 0 Å². The summed E-state index contributed by atoms with van der Waals surface area (Å²) in [5.41, 5.74) is 0. The molecular formula is C18H23N5OS. The zero-order valence-electron chi connectivity index (χ0n) is 14.4. The number of hydrogen-bond acceptors (Lipinski definition) is 6. The van der Waals surface area contributed by atoms with Crippen molar-refractivity contribution in [1.29, 1.82) is 0 Å². The molecule has 1 amide bonds. The first kappa shape index (κ1) is 16.4. The molecule has 2 fully saturated rings. The van der Waals surface area contributed by atoms with Crippen molar-refractivity contribution < 1.29 is 4.79 Å². The van der Waals surface area contributed by atoms with Crippen LogP contribution in [0.15, 0.2) is 18.5 Å². The smallest absolute Gasteiger partial charge is 0.225 e. The Balaban J connectivity index is 1.38. The highest BCUT2D eigenvalue weighted by atomic mass is 32.1. The monoisotopic (exact) mass is 357 g/mol. The second kappa shape index (κ2) is 7.07. The number of amides is 1. The van der Waals surface area contributed by atoms with Crippen molar-refractivity contribution in [2.75, 3.05) is 18.4 Å². The molecule has 132 valence electrons. The molecule has 2 aromatic heterocycles. The lowest BCUT2D eigenvalue weighted by atomic mass is 9.94. The number of rotatable bonds is 5. The second-order valence-corrected chi connectivity index (χ2v) is 8.26. The van der Waals surface area contributed by atoms with Crippen LogP contribution in [0.4, 0.5) is 10.9 Å². The summed E-state index contributed by atoms with van der Waals surface area (Å²) in [6.07, 6.45) is 8.84. The predicted molar refractivity (Wildman–Crippen MR) is 97.9 cm³/mol. The molecule has 0 spiro atoms. The fourth-order valence-corrected chi connectivity index (χ4v) is 4.04. The number of thiazole rings is 1. The highest BCUT2D eigenvalue weighted by molar-refractivity contribution is 7.15. The molecule has 0 radical (unpaired) electrons. The van der Waals surface area contributed by atoms with Gasteiger partial charge in [-0.15, -0.1) is 11.3 Å². The third kappa shape index (κ3) is 4.15. The second-order valence-electron chi connectivity index (χ2n) is 7.03. The number of carbonyl (C=O) groups is 1. The average Bonchev–Trinajstić information content (AvgIpc) is 3.38. The minimum absolute atomic E-state index is 0.310. The lowest BCUT2D eigenvalue weighted by Crippen LogP contribution is -2.41. The van der Waals surface area contributed by atoms with Crippen LogP contribution in [-0.4, -0.2) is 38.8 Å². The van der Waals surface area contributed by atoms with E-state index in [0.717, 1.165) is 62.0 Å². The summed E-state index contributed by atoms with van der Waals surface area (Å²) < 4.78 is 0. The first-order valence-corrected chi connectivity index (χ1v) is 9.79. The Kier molecular flexibility index (Phi) is 4.65. The zero-order valence-corrected chi connectivity index (χ0v) is 15.3. The fourth-order valence-electron chi connectivity index (χ4n) is 3.37. The van der Waals surface area contributed by atoms with Gasteiger partial charge in [-0.25, -0.2) is 15.0 Å². The minimum atomic E-state index is 0.310. The molecule has 7 heteroatoms. The quantitative estimate of drug-likeness (QED) is 0.890. The summed E-state index contributed by atoms with van der Waals surface area (Å²) in [6.45, 7) is 3.80. The molecule has 2 aliphatic rings. The Morgan fingerprint density at radius 1 is 1.36 bits per heavy atom. The van der Waals surface area contributed by atoms with Gasteiger partial charge >= 0.3 is 0 Å². The molecule has 1 saturated heterocycles. The highest BCUT2D eigenvalue weighted by Crippen LogP contribution is 2.33. The lowest BCUT2D eigenvalue weighted by Gasteiger charge is -2.32. The standard InChI is InChI=1S/C18H23N5OS/c1-12-10-20-18(25-12)22-15-6-7-19-16(21-15)9-13-3-2-8-23(11-13)17(24)14-4-5-14/h6-7,10,13-14H,2-5,8-9,11H2,1H3,(H,19,20,21,22). The maximum absolute atomic E-state index is 12.3. The van der Waals surface area contributed by atoms with E-state index in [4.69, 9.17) is 0 Å². The van der Waals surface area contributed by atoms with Crippen molar-refractivity contribution in [2.45, 2.75) is 39.0 Å². The molecule has 2 aromatic rings. The van der Waals surface area contributed by atoms with Crippen molar-refractivity contribution in [2.24, 2.45) is 11.8 Å². The molecule has 0 aromatic carbocycles. The van der Waals surface area contributed by atoms with Crippen LogP contribution in [0.5, 0.6) is 0 Å². The number of hydrogen-bond donors (Lipinski definition) is 1. The summed E-state index contributed by atoms with van der Waals surface area (Å²) in [5.74, 6) is 2.74. The van der Waals surface area contributed by atoms with Crippen LogP contribution in [0, 0.1) is 18.8 Å². The van der Waals surface area contributed by atoms with Gasteiger partial charge in [-0.1, -0.05) is 0 Å². The molecule has 6 nitrogen and oxygen atoms in total. The summed E-state index contributed by atoms with van der Waals surface area (Å²) in [7, 11) is 0. The van der Waals surface area contributed by atoms with Crippen molar-refractivity contribution in [3.05, 3.63) is 29.2 Å². The van der Waals surface area contributed by atoms with E-state index in [-0.39, 0.29) is 0 Å². The van der Waals surface area contributed by atoms with Crippen LogP contribution in [-0.2, 0) is 11.2 Å². The molecule has 4 rings (SSSR count). The third-order valence-electron chi connectivity index (χ3n) is 4.79. The van der Waals surface area contributed by atoms with Gasteiger partial charge in [0, 0.05) is 42.7 Å². The Bertz CT molecular complexity index is 757. The number of anilines is 2. The SMILES string of the molecule is Cc1cnc(Nc2ccnc(CC3CCCN(C(=O)C4CC4)C3)n2)s1. The molecular weight excluding hydrogens is 334 g/mol. The summed E-state index contributed by atoms with van der Waals surface area (Å²) >= 11 is 1.61. The lowest BCUT2D eigenvalue weighted by molar-refractivity contribution is -0.134. The van der Waals surface area contributed by atoms with Crippen LogP contribution in [0.25, 0.3) is 0 Å². The Hall–Kier alpha value is -2.02. The number of nitrogens with zero attached hydrogens (tertiary/aromatic N) is 4. The molecule has 0 bridgehead atoms. The summed E-state index contributed by atoms with van der Waals surface area (Å²) in [4.78, 5) is 28.9. The fraction of sp³-hybridized carbons (Fsp3) is 0.556. The van der Waals surface area contributed by atoms with Crippen LogP contribution >= 0.6 is 11.3 Å². The van der Waals surface area contributed by atoms with Crippen LogP contribution in [0.1, 0.15) is 36.4 Å². The van der Waals surface area contributed by atoms with E-state index >= 15 is 0 Å². The van der Waals surface area contributed by atoms with Gasteiger partial charge in [0.25, 0.3) is 0 Å². The van der Waals surface area contributed by atoms with E-state index in [1.807, 2.05) is 19.2 Å². The highest BCUT2D eigenvalue weighted by Gasteiger charge is 2.35. The van der Waals surface area contributed by atoms with E-state index in [1.54, 1.807) is 17.5 Å². The Morgan fingerprint density at radius 3 is 3.00 bits per heavy atom. The largest absolute Gasteiger partial charge is 0.342 e. The molecule has 1 saturated carbocycles. The van der Waals surface area contributed by atoms with E-state index in [0.29, 0.717) is 17.7 Å². The van der Waals surface area contributed by atoms with E-state index < -0.39 is 0 Å². The van der Waals surface area contributed by atoms with Crippen LogP contribution in [0.3, 0.4) is 0 Å². The number of aryl methyl sites for hydroxylation is 1. The number of piperidine rings is 1. The maximum Gasteiger partial charge on any atom is 0.225 e. The number of nitrogens with one attached hydrogen (secondary N) is 1. The van der Waals surface area contributed by atoms with Crippen molar-refractivity contribution >= 4 is 28.2 Å². The molecule has 1 unspecified atom stereocenters. The summed E-state index contributed by atoms with van der Waals surface area (Å²) in [5, 5.41) is 4.09. The zero-order chi connectivity index (χ0) is 17.2. The maximum atomic E-state index is 12.3. The molecule has 1 aliphatic heterocycles. The predicted octanol–water partition coefficient (Wildman–Crippen LogP) is 3.18. The average molecular weight is 357 g/mol. The molecule has 1 atom stereocenters. The van der Waals surface area contributed by atoms with Gasteiger partial charge in [0.15, 0.2) is 5.13 Å². The minimum Gasteiger partial charge on any atom is -0.342 e. The van der Waals surface area contributed by atoms with Gasteiger partial charge in [-0.2, -0.15) is 0 Å². The molecule has 25 heavy (non-hydrogen) atoms. The van der Waals surface area contributed by atoms with Crippen molar-refractivity contribution in [3.8, 4) is 0 Å². The van der Waals surface area contributed by atoms with Gasteiger partial charge in [-0.05, 0) is 44.6 Å². The Morgan fingerprint density at radius 2 is 2.24 bits per heavy atom. The van der Waals surface area contributed by atoms with E-state index in [9.17, 15) is 4.79 Å². The van der Waals surface area contributed by atoms with Gasteiger partial charge in [0.1, 0.15) is 11.6 Å². The summed E-state index contributed by atoms with van der Waals surface area (Å²) in [6, 6.07) is 1.87. The first-order chi connectivity index (χ1) is 12.2. The van der Waals surface area contributed by atoms with E-state index in [2.05, 4.69) is 25.2 Å². The Labute approximate surface area is 151 Å². The van der Waals surface area contributed by atoms with Crippen molar-refractivity contribution in [1.82, 2.24) is 19.9 Å². The third-order valence-corrected chi connectivity index (χ3v) is 5.62. The molecule has 1 aliphatic carbocycles. The number of carbonyl (C=O) groups excluding carboxylic acids is 1. The molecule has 1 N–H and O–H groups in total. The van der Waals surface area contributed by atoms with Gasteiger partial charge in [0.2, 0.25) is 5.91 Å². The van der Waals surface area contributed by atoms with Gasteiger partial charge in [0.05, 0.1) is 0 Å². The number of aromatic nitrogens is 3. The van der Waals surface area contributed by atoms with E-state index in [1.165, 1.54) is 4.88 Å². The molecule has 3 heterocycles. The normalized spacial score (nSPS) is 20.5.